The second-order valence-corrected chi connectivity index (χ2v) is 3.38. The Labute approximate surface area is 63.6 Å². The van der Waals surface area contributed by atoms with Crippen LogP contribution in [-0.2, 0) is 6.54 Å². The Kier molecular flexibility index (Phi) is 1.34. The molecule has 1 aliphatic rings. The van der Waals surface area contributed by atoms with Gasteiger partial charge in [-0.05, 0) is 6.42 Å². The van der Waals surface area contributed by atoms with Crippen LogP contribution in [-0.4, -0.2) is 15.3 Å². The molecule has 0 fully saturated rings. The van der Waals surface area contributed by atoms with Crippen LogP contribution in [0.1, 0.15) is 6.42 Å². The number of hydrogen-bond donors (Lipinski definition) is 1. The fourth-order valence-electron chi connectivity index (χ4n) is 1.10. The van der Waals surface area contributed by atoms with Crippen molar-refractivity contribution in [2.24, 2.45) is 0 Å². The normalized spacial score (nSPS) is 16.8. The van der Waals surface area contributed by atoms with Gasteiger partial charge in [0.15, 0.2) is 5.16 Å². The van der Waals surface area contributed by atoms with Gasteiger partial charge in [-0.3, -0.25) is 0 Å². The van der Waals surface area contributed by atoms with E-state index in [9.17, 15) is 0 Å². The first-order chi connectivity index (χ1) is 4.88. The van der Waals surface area contributed by atoms with Crippen molar-refractivity contribution in [3.63, 3.8) is 0 Å². The van der Waals surface area contributed by atoms with Gasteiger partial charge < -0.3 is 10.3 Å². The molecule has 2 rings (SSSR count). The van der Waals surface area contributed by atoms with Gasteiger partial charge in [0.2, 0.25) is 0 Å². The Balaban J connectivity index is 2.45. The van der Waals surface area contributed by atoms with Crippen molar-refractivity contribution in [1.82, 2.24) is 9.55 Å². The molecule has 0 saturated heterocycles. The summed E-state index contributed by atoms with van der Waals surface area (Å²) in [6, 6.07) is 0. The van der Waals surface area contributed by atoms with Gasteiger partial charge in [0.1, 0.15) is 5.82 Å². The van der Waals surface area contributed by atoms with Crippen LogP contribution in [0.25, 0.3) is 0 Å². The van der Waals surface area contributed by atoms with E-state index in [0.29, 0.717) is 0 Å². The van der Waals surface area contributed by atoms with E-state index in [4.69, 9.17) is 5.73 Å². The Morgan fingerprint density at radius 1 is 1.70 bits per heavy atom. The first-order valence-electron chi connectivity index (χ1n) is 3.32. The van der Waals surface area contributed by atoms with Crippen LogP contribution in [0.3, 0.4) is 0 Å². The molecule has 1 aliphatic heterocycles. The van der Waals surface area contributed by atoms with E-state index in [0.717, 1.165) is 17.5 Å². The number of nitrogens with two attached hydrogens (primary N) is 1. The quantitative estimate of drug-likeness (QED) is 0.607. The predicted octanol–water partition coefficient (Wildman–Crippen LogP) is 0.961. The molecule has 0 amide bonds. The number of nitrogen functional groups attached to an aromatic ring is 1. The molecule has 54 valence electrons. The minimum absolute atomic E-state index is 0.794. The third-order valence-corrected chi connectivity index (χ3v) is 2.68. The van der Waals surface area contributed by atoms with Gasteiger partial charge in [-0.15, -0.1) is 0 Å². The van der Waals surface area contributed by atoms with E-state index < -0.39 is 0 Å². The Hall–Kier alpha value is -0.640. The highest BCUT2D eigenvalue weighted by Crippen LogP contribution is 2.25. The maximum absolute atomic E-state index is 5.65. The number of rotatable bonds is 0. The lowest BCUT2D eigenvalue weighted by Crippen LogP contribution is -2.09. The van der Waals surface area contributed by atoms with E-state index in [1.165, 1.54) is 12.2 Å². The second-order valence-electron chi connectivity index (χ2n) is 2.32. The second kappa shape index (κ2) is 2.20. The highest BCUT2D eigenvalue weighted by Gasteiger charge is 2.11. The molecule has 0 aliphatic carbocycles. The van der Waals surface area contributed by atoms with Gasteiger partial charge >= 0.3 is 0 Å². The Morgan fingerprint density at radius 2 is 2.60 bits per heavy atom. The molecule has 4 heteroatoms. The maximum atomic E-state index is 5.65. The van der Waals surface area contributed by atoms with Crippen molar-refractivity contribution < 1.29 is 0 Å². The van der Waals surface area contributed by atoms with E-state index in [2.05, 4.69) is 9.55 Å². The van der Waals surface area contributed by atoms with Crippen LogP contribution in [0.2, 0.25) is 0 Å². The van der Waals surface area contributed by atoms with E-state index in [1.54, 1.807) is 18.0 Å². The minimum atomic E-state index is 0.794. The monoisotopic (exact) mass is 155 g/mol. The van der Waals surface area contributed by atoms with Crippen LogP contribution >= 0.6 is 11.8 Å². The molecule has 0 radical (unpaired) electrons. The number of fused-ring (bicyclic) bond motifs is 1. The largest absolute Gasteiger partial charge is 0.384 e. The zero-order valence-electron chi connectivity index (χ0n) is 5.58. The van der Waals surface area contributed by atoms with Crippen LogP contribution < -0.4 is 5.73 Å². The SMILES string of the molecule is Nc1cnc2n1CCCS2. The summed E-state index contributed by atoms with van der Waals surface area (Å²) in [6.45, 7) is 1.04. The molecule has 0 saturated carbocycles. The molecule has 10 heavy (non-hydrogen) atoms. The third-order valence-electron chi connectivity index (χ3n) is 1.61. The summed E-state index contributed by atoms with van der Waals surface area (Å²) < 4.78 is 2.06. The third kappa shape index (κ3) is 0.794. The number of anilines is 1. The van der Waals surface area contributed by atoms with Gasteiger partial charge in [-0.1, -0.05) is 11.8 Å². The number of thioether (sulfide) groups is 1. The molecule has 0 bridgehead atoms. The van der Waals surface area contributed by atoms with E-state index in [-0.39, 0.29) is 0 Å². The summed E-state index contributed by atoms with van der Waals surface area (Å²) >= 11 is 1.78. The zero-order chi connectivity index (χ0) is 6.97. The van der Waals surface area contributed by atoms with Gasteiger partial charge in [-0.25, -0.2) is 4.98 Å². The average Bonchev–Trinajstić information content (AvgIpc) is 2.34. The van der Waals surface area contributed by atoms with Crippen LogP contribution in [0.5, 0.6) is 0 Å². The number of imidazole rings is 1. The highest BCUT2D eigenvalue weighted by atomic mass is 32.2. The minimum Gasteiger partial charge on any atom is -0.384 e. The van der Waals surface area contributed by atoms with Crippen LogP contribution in [0.4, 0.5) is 5.82 Å². The summed E-state index contributed by atoms with van der Waals surface area (Å²) in [5.74, 6) is 1.97. The van der Waals surface area contributed by atoms with Gasteiger partial charge in [0, 0.05) is 12.3 Å². The molecule has 1 aromatic heterocycles. The molecule has 0 aromatic carbocycles. The molecule has 0 atom stereocenters. The number of hydrogen-bond acceptors (Lipinski definition) is 3. The first-order valence-corrected chi connectivity index (χ1v) is 4.30. The van der Waals surface area contributed by atoms with Crippen molar-refractivity contribution in [2.45, 2.75) is 18.1 Å². The topological polar surface area (TPSA) is 43.8 Å². The predicted molar refractivity (Wildman–Crippen MR) is 42.0 cm³/mol. The van der Waals surface area contributed by atoms with Crippen molar-refractivity contribution in [2.75, 3.05) is 11.5 Å². The molecular formula is C6H9N3S. The Morgan fingerprint density at radius 3 is 3.40 bits per heavy atom. The smallest absolute Gasteiger partial charge is 0.169 e. The first kappa shape index (κ1) is 6.09. The Bertz CT molecular complexity index is 243. The number of aromatic nitrogens is 2. The summed E-state index contributed by atoms with van der Waals surface area (Å²) in [4.78, 5) is 4.16. The average molecular weight is 155 g/mol. The van der Waals surface area contributed by atoms with E-state index in [1.807, 2.05) is 0 Å². The maximum Gasteiger partial charge on any atom is 0.169 e. The molecule has 1 aromatic rings. The van der Waals surface area contributed by atoms with Crippen molar-refractivity contribution in [3.05, 3.63) is 6.20 Å². The lowest BCUT2D eigenvalue weighted by atomic mass is 10.5. The highest BCUT2D eigenvalue weighted by molar-refractivity contribution is 7.99. The summed E-state index contributed by atoms with van der Waals surface area (Å²) in [7, 11) is 0. The van der Waals surface area contributed by atoms with Crippen LogP contribution in [0, 0.1) is 0 Å². The zero-order valence-corrected chi connectivity index (χ0v) is 6.40. The summed E-state index contributed by atoms with van der Waals surface area (Å²) in [6.07, 6.45) is 2.94. The van der Waals surface area contributed by atoms with Crippen molar-refractivity contribution in [1.29, 1.82) is 0 Å². The lowest BCUT2D eigenvalue weighted by Gasteiger charge is -2.13. The lowest BCUT2D eigenvalue weighted by molar-refractivity contribution is 0.614. The fourth-order valence-corrected chi connectivity index (χ4v) is 2.03. The summed E-state index contributed by atoms with van der Waals surface area (Å²) in [5.41, 5.74) is 5.65. The van der Waals surface area contributed by atoms with Crippen molar-refractivity contribution in [3.8, 4) is 0 Å². The standard InChI is InChI=1S/C6H9N3S/c7-5-4-8-6-9(5)2-1-3-10-6/h4H,1-3,7H2. The van der Waals surface area contributed by atoms with Gasteiger partial charge in [0.25, 0.3) is 0 Å². The molecule has 0 unspecified atom stereocenters. The van der Waals surface area contributed by atoms with Crippen LogP contribution in [0.15, 0.2) is 11.4 Å². The molecule has 0 spiro atoms. The van der Waals surface area contributed by atoms with E-state index >= 15 is 0 Å². The summed E-state index contributed by atoms with van der Waals surface area (Å²) in [5, 5.41) is 1.07. The molecule has 3 nitrogen and oxygen atoms in total. The fraction of sp³-hybridized carbons (Fsp3) is 0.500. The van der Waals surface area contributed by atoms with Crippen molar-refractivity contribution >= 4 is 17.6 Å². The molecule has 2 N–H and O–H groups in total. The number of nitrogens with zero attached hydrogens (tertiary/aromatic N) is 2. The molecule has 2 heterocycles. The molecular weight excluding hydrogens is 146 g/mol. The van der Waals surface area contributed by atoms with Gasteiger partial charge in [-0.2, -0.15) is 0 Å². The van der Waals surface area contributed by atoms with Gasteiger partial charge in [0.05, 0.1) is 6.20 Å².